The van der Waals surface area contributed by atoms with Gasteiger partial charge in [0.2, 0.25) is 11.8 Å². The summed E-state index contributed by atoms with van der Waals surface area (Å²) in [4.78, 5) is 53.1. The molecular weight excluding hydrogens is 430 g/mol. The molecule has 32 heavy (non-hydrogen) atoms. The fourth-order valence-corrected chi connectivity index (χ4v) is 5.37. The van der Waals surface area contributed by atoms with E-state index in [0.717, 1.165) is 55.2 Å². The second-order valence-corrected chi connectivity index (χ2v) is 9.34. The molecule has 1 aromatic carbocycles. The van der Waals surface area contributed by atoms with Crippen molar-refractivity contribution in [1.82, 2.24) is 25.8 Å². The minimum absolute atomic E-state index is 0.00656. The molecule has 0 radical (unpaired) electrons. The molecule has 0 saturated carbocycles. The molecule has 3 aliphatic heterocycles. The summed E-state index contributed by atoms with van der Waals surface area (Å²) in [5.41, 5.74) is 1.60. The molecule has 3 heterocycles. The number of piperazine rings is 1. The molecule has 2 fully saturated rings. The summed E-state index contributed by atoms with van der Waals surface area (Å²) in [7, 11) is 0. The number of nitrogens with one attached hydrogen (secondary N) is 3. The van der Waals surface area contributed by atoms with Crippen LogP contribution in [-0.4, -0.2) is 78.1 Å². The van der Waals surface area contributed by atoms with Crippen molar-refractivity contribution in [2.75, 3.05) is 38.5 Å². The number of thioether (sulfide) groups is 1. The Hall–Kier alpha value is -2.59. The van der Waals surface area contributed by atoms with E-state index in [1.807, 2.05) is 17.0 Å². The van der Waals surface area contributed by atoms with Gasteiger partial charge in [0.05, 0.1) is 0 Å². The van der Waals surface area contributed by atoms with E-state index in [4.69, 9.17) is 0 Å². The van der Waals surface area contributed by atoms with Crippen LogP contribution in [-0.2, 0) is 16.1 Å². The number of nitrogens with zero attached hydrogens (tertiary/aromatic N) is 2. The maximum Gasteiger partial charge on any atom is 0.317 e. The van der Waals surface area contributed by atoms with Gasteiger partial charge >= 0.3 is 6.03 Å². The number of amides is 5. The Morgan fingerprint density at radius 2 is 1.97 bits per heavy atom. The summed E-state index contributed by atoms with van der Waals surface area (Å²) in [6.07, 6.45) is 2.46. The van der Waals surface area contributed by atoms with Crippen LogP contribution in [0.1, 0.15) is 41.6 Å². The van der Waals surface area contributed by atoms with E-state index >= 15 is 0 Å². The van der Waals surface area contributed by atoms with E-state index in [-0.39, 0.29) is 30.2 Å². The van der Waals surface area contributed by atoms with Gasteiger partial charge < -0.3 is 20.4 Å². The third kappa shape index (κ3) is 5.07. The van der Waals surface area contributed by atoms with Crippen LogP contribution in [0.5, 0.6) is 0 Å². The SMILES string of the molecule is O=C1CCC(N2Cc3c(SCCCCNC(=O)N4CCNCC4)cccc3C2=O)C(=O)N1. The number of carbonyl (C=O) groups is 4. The van der Waals surface area contributed by atoms with Crippen molar-refractivity contribution in [1.29, 1.82) is 0 Å². The molecule has 0 bridgehead atoms. The van der Waals surface area contributed by atoms with Crippen molar-refractivity contribution in [2.24, 2.45) is 0 Å². The zero-order chi connectivity index (χ0) is 22.5. The van der Waals surface area contributed by atoms with Crippen LogP contribution in [0.15, 0.2) is 23.1 Å². The molecular formula is C22H29N5O4S. The molecule has 0 aliphatic carbocycles. The van der Waals surface area contributed by atoms with Crippen molar-refractivity contribution < 1.29 is 19.2 Å². The topological polar surface area (TPSA) is 111 Å². The predicted octanol–water partition coefficient (Wildman–Crippen LogP) is 0.935. The number of hydrogen-bond donors (Lipinski definition) is 3. The molecule has 0 spiro atoms. The largest absolute Gasteiger partial charge is 0.338 e. The van der Waals surface area contributed by atoms with E-state index in [0.29, 0.717) is 25.1 Å². The smallest absolute Gasteiger partial charge is 0.317 e. The average Bonchev–Trinajstić information content (AvgIpc) is 3.13. The zero-order valence-corrected chi connectivity index (χ0v) is 18.8. The lowest BCUT2D eigenvalue weighted by Crippen LogP contribution is -2.52. The van der Waals surface area contributed by atoms with Crippen molar-refractivity contribution in [2.45, 2.75) is 43.2 Å². The first kappa shape index (κ1) is 22.6. The fraction of sp³-hybridized carbons (Fsp3) is 0.545. The van der Waals surface area contributed by atoms with Gasteiger partial charge in [-0.15, -0.1) is 11.8 Å². The fourth-order valence-electron chi connectivity index (χ4n) is 4.28. The molecule has 5 amide bonds. The van der Waals surface area contributed by atoms with Crippen LogP contribution < -0.4 is 16.0 Å². The van der Waals surface area contributed by atoms with Crippen LogP contribution in [0.2, 0.25) is 0 Å². The quantitative estimate of drug-likeness (QED) is 0.318. The Morgan fingerprint density at radius 1 is 1.16 bits per heavy atom. The maximum atomic E-state index is 12.9. The third-order valence-corrected chi connectivity index (χ3v) is 7.23. The van der Waals surface area contributed by atoms with E-state index in [1.54, 1.807) is 22.7 Å². The number of urea groups is 1. The Labute approximate surface area is 191 Å². The first-order valence-corrected chi connectivity index (χ1v) is 12.2. The highest BCUT2D eigenvalue weighted by Crippen LogP contribution is 2.34. The Morgan fingerprint density at radius 3 is 2.75 bits per heavy atom. The van der Waals surface area contributed by atoms with Crippen molar-refractivity contribution in [3.8, 4) is 0 Å². The first-order chi connectivity index (χ1) is 15.5. The number of carbonyl (C=O) groups excluding carboxylic acids is 4. The third-order valence-electron chi connectivity index (χ3n) is 6.05. The van der Waals surface area contributed by atoms with Crippen molar-refractivity contribution >= 4 is 35.5 Å². The van der Waals surface area contributed by atoms with Crippen molar-refractivity contribution in [3.63, 3.8) is 0 Å². The lowest BCUT2D eigenvalue weighted by atomic mass is 10.0. The number of benzene rings is 1. The van der Waals surface area contributed by atoms with Gasteiger partial charge in [-0.25, -0.2) is 4.79 Å². The van der Waals surface area contributed by atoms with Crippen LogP contribution in [0.25, 0.3) is 0 Å². The van der Waals surface area contributed by atoms with E-state index in [1.165, 1.54) is 0 Å². The molecule has 3 N–H and O–H groups in total. The second-order valence-electron chi connectivity index (χ2n) is 8.21. The number of hydrogen-bond acceptors (Lipinski definition) is 6. The normalized spacial score (nSPS) is 20.9. The monoisotopic (exact) mass is 459 g/mol. The lowest BCUT2D eigenvalue weighted by Gasteiger charge is -2.29. The number of fused-ring (bicyclic) bond motifs is 1. The molecule has 9 nitrogen and oxygen atoms in total. The van der Waals surface area contributed by atoms with Gasteiger partial charge in [-0.3, -0.25) is 19.7 Å². The van der Waals surface area contributed by atoms with E-state index < -0.39 is 6.04 Å². The lowest BCUT2D eigenvalue weighted by molar-refractivity contribution is -0.136. The van der Waals surface area contributed by atoms with Gasteiger partial charge in [-0.05, 0) is 42.7 Å². The molecule has 172 valence electrons. The molecule has 3 aliphatic rings. The van der Waals surface area contributed by atoms with E-state index in [9.17, 15) is 19.2 Å². The highest BCUT2D eigenvalue weighted by molar-refractivity contribution is 7.99. The summed E-state index contributed by atoms with van der Waals surface area (Å²) in [5, 5.41) is 8.56. The average molecular weight is 460 g/mol. The predicted molar refractivity (Wildman–Crippen MR) is 120 cm³/mol. The standard InChI is InChI=1S/C22H29N5O4S/c28-19-7-6-17(20(29)25-19)27-14-16-15(21(27)30)4-3-5-18(16)32-13-2-1-8-24-22(31)26-11-9-23-10-12-26/h3-5,17,23H,1-2,6-14H2,(H,24,31)(H,25,28,29). The molecule has 1 aromatic rings. The number of rotatable bonds is 7. The number of imide groups is 1. The zero-order valence-electron chi connectivity index (χ0n) is 18.0. The van der Waals surface area contributed by atoms with Crippen molar-refractivity contribution in [3.05, 3.63) is 29.3 Å². The Kier molecular flexibility index (Phi) is 7.31. The van der Waals surface area contributed by atoms with Gasteiger partial charge in [0, 0.05) is 56.1 Å². The molecule has 10 heteroatoms. The van der Waals surface area contributed by atoms with Gasteiger partial charge in [-0.2, -0.15) is 0 Å². The molecule has 0 aromatic heterocycles. The van der Waals surface area contributed by atoms with Gasteiger partial charge in [0.15, 0.2) is 0 Å². The van der Waals surface area contributed by atoms with Gasteiger partial charge in [-0.1, -0.05) is 6.07 Å². The minimum Gasteiger partial charge on any atom is -0.338 e. The summed E-state index contributed by atoms with van der Waals surface area (Å²) in [5.74, 6) is 0.0647. The van der Waals surface area contributed by atoms with Crippen LogP contribution >= 0.6 is 11.8 Å². The van der Waals surface area contributed by atoms with Crippen LogP contribution in [0.4, 0.5) is 4.79 Å². The van der Waals surface area contributed by atoms with Crippen LogP contribution in [0.3, 0.4) is 0 Å². The summed E-state index contributed by atoms with van der Waals surface area (Å²) in [6.45, 7) is 4.22. The summed E-state index contributed by atoms with van der Waals surface area (Å²) >= 11 is 1.70. The molecule has 1 unspecified atom stereocenters. The highest BCUT2D eigenvalue weighted by atomic mass is 32.2. The van der Waals surface area contributed by atoms with Gasteiger partial charge in [0.25, 0.3) is 5.91 Å². The number of piperidine rings is 1. The number of unbranched alkanes of at least 4 members (excludes halogenated alkanes) is 1. The maximum absolute atomic E-state index is 12.9. The first-order valence-electron chi connectivity index (χ1n) is 11.2. The minimum atomic E-state index is -0.593. The summed E-state index contributed by atoms with van der Waals surface area (Å²) in [6, 6.07) is 5.11. The molecule has 2 saturated heterocycles. The second kappa shape index (κ2) is 10.4. The molecule has 4 rings (SSSR count). The molecule has 1 atom stereocenters. The summed E-state index contributed by atoms with van der Waals surface area (Å²) < 4.78 is 0. The highest BCUT2D eigenvalue weighted by Gasteiger charge is 2.39. The van der Waals surface area contributed by atoms with E-state index in [2.05, 4.69) is 16.0 Å². The Balaban J connectivity index is 1.24. The Bertz CT molecular complexity index is 902. The van der Waals surface area contributed by atoms with Crippen LogP contribution in [0, 0.1) is 0 Å². The van der Waals surface area contributed by atoms with Gasteiger partial charge in [0.1, 0.15) is 6.04 Å².